The number of nitrogens with zero attached hydrogens (tertiary/aromatic N) is 1. The van der Waals surface area contributed by atoms with Crippen molar-refractivity contribution in [2.24, 2.45) is 5.92 Å². The van der Waals surface area contributed by atoms with E-state index < -0.39 is 5.97 Å². The molecule has 0 unspecified atom stereocenters. The molecule has 1 fully saturated rings. The Bertz CT molecular complexity index is 940. The lowest BCUT2D eigenvalue weighted by atomic mass is 9.85. The van der Waals surface area contributed by atoms with Crippen molar-refractivity contribution in [2.75, 3.05) is 26.2 Å². The Balaban J connectivity index is 1.35. The summed E-state index contributed by atoms with van der Waals surface area (Å²) in [6.07, 6.45) is 6.15. The van der Waals surface area contributed by atoms with Crippen LogP contribution in [0.2, 0.25) is 0 Å². The molecule has 2 aromatic rings. The number of allylic oxidation sites excluding steroid dienone is 1. The zero-order valence-electron chi connectivity index (χ0n) is 16.8. The number of carboxylic acids is 1. The molecule has 0 radical (unpaired) electrons. The van der Waals surface area contributed by atoms with Crippen molar-refractivity contribution in [2.45, 2.75) is 19.8 Å². The van der Waals surface area contributed by atoms with Crippen molar-refractivity contribution in [3.05, 3.63) is 76.9 Å². The summed E-state index contributed by atoms with van der Waals surface area (Å²) in [5.74, 6) is 0.0410. The van der Waals surface area contributed by atoms with Gasteiger partial charge in [-0.3, -0.25) is 9.69 Å². The number of aliphatic carboxylic acids is 1. The van der Waals surface area contributed by atoms with Crippen LogP contribution in [-0.2, 0) is 11.2 Å². The number of likely N-dealkylation sites (tertiary alicyclic amines) is 1. The van der Waals surface area contributed by atoms with Crippen LogP contribution >= 0.6 is 0 Å². The van der Waals surface area contributed by atoms with Crippen LogP contribution < -0.4 is 4.74 Å². The fraction of sp³-hybridized carbons (Fsp3) is 0.320. The molecule has 0 atom stereocenters. The van der Waals surface area contributed by atoms with Crippen molar-refractivity contribution in [3.8, 4) is 5.75 Å². The molecule has 0 spiro atoms. The molecule has 0 amide bonds. The molecule has 150 valence electrons. The van der Waals surface area contributed by atoms with Gasteiger partial charge in [0.1, 0.15) is 12.4 Å². The summed E-state index contributed by atoms with van der Waals surface area (Å²) in [5, 5.41) is 9.05. The van der Waals surface area contributed by atoms with E-state index in [-0.39, 0.29) is 5.92 Å². The Morgan fingerprint density at radius 1 is 1.17 bits per heavy atom. The number of aryl methyl sites for hydroxylation is 1. The maximum absolute atomic E-state index is 11.0. The molecular formula is C25H27NO3. The fourth-order valence-electron chi connectivity index (χ4n) is 4.11. The van der Waals surface area contributed by atoms with Crippen LogP contribution in [0.1, 0.15) is 30.0 Å². The summed E-state index contributed by atoms with van der Waals surface area (Å²) in [4.78, 5) is 13.2. The molecule has 2 aliphatic rings. The highest BCUT2D eigenvalue weighted by Crippen LogP contribution is 2.34. The van der Waals surface area contributed by atoms with E-state index >= 15 is 0 Å². The van der Waals surface area contributed by atoms with Crippen LogP contribution in [0.3, 0.4) is 0 Å². The third kappa shape index (κ3) is 4.60. The number of hydrogen-bond donors (Lipinski definition) is 1. The molecule has 1 N–H and O–H groups in total. The highest BCUT2D eigenvalue weighted by molar-refractivity contribution is 5.73. The minimum absolute atomic E-state index is 0.192. The number of fused-ring (bicyclic) bond motifs is 1. The highest BCUT2D eigenvalue weighted by Gasteiger charge is 2.33. The van der Waals surface area contributed by atoms with E-state index in [0.717, 1.165) is 25.1 Å². The van der Waals surface area contributed by atoms with Crippen LogP contribution in [0, 0.1) is 5.92 Å². The van der Waals surface area contributed by atoms with Crippen molar-refractivity contribution in [1.82, 2.24) is 4.90 Å². The van der Waals surface area contributed by atoms with E-state index in [1.807, 2.05) is 30.3 Å². The molecule has 4 rings (SSSR count). The average Bonchev–Trinajstić information content (AvgIpc) is 2.69. The molecule has 0 bridgehead atoms. The summed E-state index contributed by atoms with van der Waals surface area (Å²) in [6, 6.07) is 16.6. The van der Waals surface area contributed by atoms with Gasteiger partial charge in [-0.15, -0.1) is 0 Å². The molecule has 1 heterocycles. The van der Waals surface area contributed by atoms with Crippen LogP contribution in [-0.4, -0.2) is 42.2 Å². The predicted molar refractivity (Wildman–Crippen MR) is 116 cm³/mol. The van der Waals surface area contributed by atoms with Gasteiger partial charge in [0.15, 0.2) is 0 Å². The minimum Gasteiger partial charge on any atom is -0.490 e. The van der Waals surface area contributed by atoms with Crippen molar-refractivity contribution in [3.63, 3.8) is 0 Å². The molecule has 0 aromatic heterocycles. The van der Waals surface area contributed by atoms with E-state index in [0.29, 0.717) is 19.7 Å². The van der Waals surface area contributed by atoms with Gasteiger partial charge >= 0.3 is 5.97 Å². The topological polar surface area (TPSA) is 49.8 Å². The summed E-state index contributed by atoms with van der Waals surface area (Å²) >= 11 is 0. The van der Waals surface area contributed by atoms with Crippen LogP contribution in [0.15, 0.2) is 60.2 Å². The zero-order chi connectivity index (χ0) is 20.2. The van der Waals surface area contributed by atoms with Gasteiger partial charge in [-0.1, -0.05) is 48.0 Å². The summed E-state index contributed by atoms with van der Waals surface area (Å²) < 4.78 is 5.91. The first-order chi connectivity index (χ1) is 14.1. The first-order valence-electron chi connectivity index (χ1n) is 10.2. The van der Waals surface area contributed by atoms with Crippen LogP contribution in [0.5, 0.6) is 5.75 Å². The number of rotatable bonds is 7. The van der Waals surface area contributed by atoms with Crippen LogP contribution in [0.4, 0.5) is 0 Å². The second kappa shape index (κ2) is 8.66. The normalized spacial score (nSPS) is 17.3. The van der Waals surface area contributed by atoms with Crippen molar-refractivity contribution < 1.29 is 14.6 Å². The number of hydrogen-bond acceptors (Lipinski definition) is 3. The van der Waals surface area contributed by atoms with E-state index in [1.165, 1.54) is 27.8 Å². The summed E-state index contributed by atoms with van der Waals surface area (Å²) in [7, 11) is 0. The average molecular weight is 389 g/mol. The maximum Gasteiger partial charge on any atom is 0.309 e. The zero-order valence-corrected chi connectivity index (χ0v) is 16.8. The van der Waals surface area contributed by atoms with Crippen molar-refractivity contribution >= 4 is 17.6 Å². The van der Waals surface area contributed by atoms with E-state index in [4.69, 9.17) is 9.84 Å². The molecule has 4 nitrogen and oxygen atoms in total. The third-order valence-electron chi connectivity index (χ3n) is 5.88. The lowest BCUT2D eigenvalue weighted by Gasteiger charge is -2.38. The number of ether oxygens (including phenoxy) is 1. The molecule has 0 saturated carbocycles. The van der Waals surface area contributed by atoms with Gasteiger partial charge in [-0.25, -0.2) is 0 Å². The summed E-state index contributed by atoms with van der Waals surface area (Å²) in [5.41, 5.74) is 6.57. The molecule has 4 heteroatoms. The SMILES string of the molecule is CC1=C(CN2CC(C(=O)O)C2)CCc2cc(OCC=Cc3ccccc3)ccc21. The molecule has 1 saturated heterocycles. The quantitative estimate of drug-likeness (QED) is 0.757. The van der Waals surface area contributed by atoms with Gasteiger partial charge in [-0.2, -0.15) is 0 Å². The van der Waals surface area contributed by atoms with Gasteiger partial charge < -0.3 is 9.84 Å². The van der Waals surface area contributed by atoms with Crippen LogP contribution in [0.25, 0.3) is 11.6 Å². The standard InChI is InChI=1S/C25H27NO3/c1-18-21(15-26-16-22(17-26)25(27)28)10-9-20-14-23(11-12-24(18)20)29-13-5-8-19-6-3-2-4-7-19/h2-8,11-12,14,22H,9-10,13,15-17H2,1H3,(H,27,28). The third-order valence-corrected chi connectivity index (χ3v) is 5.88. The Labute approximate surface area is 172 Å². The number of carboxylic acid groups (broad SMARTS) is 1. The molecule has 1 aliphatic carbocycles. The van der Waals surface area contributed by atoms with Gasteiger partial charge in [0.05, 0.1) is 5.92 Å². The second-order valence-electron chi connectivity index (χ2n) is 7.90. The maximum atomic E-state index is 11.0. The molecule has 1 aliphatic heterocycles. The van der Waals surface area contributed by atoms with Gasteiger partial charge in [0.25, 0.3) is 0 Å². The molecule has 2 aromatic carbocycles. The predicted octanol–water partition coefficient (Wildman–Crippen LogP) is 4.51. The number of carbonyl (C=O) groups is 1. The van der Waals surface area contributed by atoms with E-state index in [9.17, 15) is 4.79 Å². The smallest absolute Gasteiger partial charge is 0.309 e. The highest BCUT2D eigenvalue weighted by atomic mass is 16.5. The summed E-state index contributed by atoms with van der Waals surface area (Å²) in [6.45, 7) is 4.96. The Hall–Kier alpha value is -2.85. The minimum atomic E-state index is -0.674. The van der Waals surface area contributed by atoms with Gasteiger partial charge in [0, 0.05) is 19.6 Å². The number of benzene rings is 2. The monoisotopic (exact) mass is 389 g/mol. The first kappa shape index (κ1) is 19.5. The van der Waals surface area contributed by atoms with Gasteiger partial charge in [-0.05, 0) is 60.2 Å². The molecular weight excluding hydrogens is 362 g/mol. The fourth-order valence-corrected chi connectivity index (χ4v) is 4.11. The molecule has 29 heavy (non-hydrogen) atoms. The van der Waals surface area contributed by atoms with Crippen molar-refractivity contribution in [1.29, 1.82) is 0 Å². The van der Waals surface area contributed by atoms with Gasteiger partial charge in [0.2, 0.25) is 0 Å². The Kier molecular flexibility index (Phi) is 5.81. The Morgan fingerprint density at radius 2 is 1.97 bits per heavy atom. The lowest BCUT2D eigenvalue weighted by molar-refractivity contribution is -0.147. The second-order valence-corrected chi connectivity index (χ2v) is 7.90. The Morgan fingerprint density at radius 3 is 2.72 bits per heavy atom. The first-order valence-corrected chi connectivity index (χ1v) is 10.2. The van der Waals surface area contributed by atoms with E-state index in [1.54, 1.807) is 0 Å². The lowest BCUT2D eigenvalue weighted by Crippen LogP contribution is -2.50. The largest absolute Gasteiger partial charge is 0.490 e. The van der Waals surface area contributed by atoms with E-state index in [2.05, 4.69) is 42.2 Å².